The maximum absolute atomic E-state index is 12.1. The Morgan fingerprint density at radius 3 is 2.15 bits per heavy atom. The van der Waals surface area contributed by atoms with Crippen LogP contribution < -0.4 is 5.73 Å². The summed E-state index contributed by atoms with van der Waals surface area (Å²) < 4.78 is 0. The summed E-state index contributed by atoms with van der Waals surface area (Å²) in [5.41, 5.74) is 8.84. The topological polar surface area (TPSA) is 46.3 Å². The van der Waals surface area contributed by atoms with Gasteiger partial charge in [0.25, 0.3) is 0 Å². The van der Waals surface area contributed by atoms with Gasteiger partial charge in [0.1, 0.15) is 0 Å². The SMILES string of the molecule is CN(Cc1ccc(CN)cc1)C(=O)Cc1ccccc1. The number of benzene rings is 2. The van der Waals surface area contributed by atoms with Crippen LogP contribution in [0.5, 0.6) is 0 Å². The molecule has 0 aliphatic rings. The number of nitrogens with zero attached hydrogens (tertiary/aromatic N) is 1. The quantitative estimate of drug-likeness (QED) is 0.904. The highest BCUT2D eigenvalue weighted by molar-refractivity contribution is 5.78. The molecule has 0 aromatic heterocycles. The lowest BCUT2D eigenvalue weighted by atomic mass is 10.1. The van der Waals surface area contributed by atoms with Crippen LogP contribution in [0.4, 0.5) is 0 Å². The molecule has 0 spiro atoms. The molecule has 2 aromatic carbocycles. The number of rotatable bonds is 5. The highest BCUT2D eigenvalue weighted by Gasteiger charge is 2.09. The first-order chi connectivity index (χ1) is 9.69. The van der Waals surface area contributed by atoms with Gasteiger partial charge in [0.2, 0.25) is 5.91 Å². The van der Waals surface area contributed by atoms with Crippen molar-refractivity contribution in [3.05, 3.63) is 71.3 Å². The molecule has 2 aromatic rings. The fourth-order valence-corrected chi connectivity index (χ4v) is 2.05. The van der Waals surface area contributed by atoms with Gasteiger partial charge in [-0.25, -0.2) is 0 Å². The van der Waals surface area contributed by atoms with Crippen LogP contribution in [0.2, 0.25) is 0 Å². The van der Waals surface area contributed by atoms with Crippen LogP contribution >= 0.6 is 0 Å². The number of amides is 1. The Bertz CT molecular complexity index is 549. The van der Waals surface area contributed by atoms with Gasteiger partial charge in [0.05, 0.1) is 6.42 Å². The van der Waals surface area contributed by atoms with Gasteiger partial charge in [-0.1, -0.05) is 54.6 Å². The maximum Gasteiger partial charge on any atom is 0.227 e. The van der Waals surface area contributed by atoms with Crippen molar-refractivity contribution in [3.8, 4) is 0 Å². The van der Waals surface area contributed by atoms with Gasteiger partial charge in [-0.15, -0.1) is 0 Å². The predicted octanol–water partition coefficient (Wildman–Crippen LogP) is 2.35. The highest BCUT2D eigenvalue weighted by Crippen LogP contribution is 2.08. The Kier molecular flexibility index (Phi) is 4.91. The molecular weight excluding hydrogens is 248 g/mol. The molecule has 2 N–H and O–H groups in total. The molecule has 3 nitrogen and oxygen atoms in total. The first-order valence-electron chi connectivity index (χ1n) is 6.75. The van der Waals surface area contributed by atoms with Crippen molar-refractivity contribution in [3.63, 3.8) is 0 Å². The fourth-order valence-electron chi connectivity index (χ4n) is 2.05. The molecule has 0 unspecified atom stereocenters. The lowest BCUT2D eigenvalue weighted by molar-refractivity contribution is -0.129. The molecule has 3 heteroatoms. The standard InChI is InChI=1S/C17H20N2O/c1-19(13-16-9-7-15(12-18)8-10-16)17(20)11-14-5-3-2-4-6-14/h2-10H,11-13,18H2,1H3. The van der Waals surface area contributed by atoms with Crippen LogP contribution in [-0.2, 0) is 24.3 Å². The number of carbonyl (C=O) groups excluding carboxylic acids is 1. The minimum Gasteiger partial charge on any atom is -0.341 e. The van der Waals surface area contributed by atoms with Crippen molar-refractivity contribution in [2.45, 2.75) is 19.5 Å². The lowest BCUT2D eigenvalue weighted by Gasteiger charge is -2.17. The molecule has 2 rings (SSSR count). The van der Waals surface area contributed by atoms with Gasteiger partial charge in [-0.3, -0.25) is 4.79 Å². The molecule has 1 amide bonds. The predicted molar refractivity (Wildman–Crippen MR) is 81.0 cm³/mol. The Labute approximate surface area is 120 Å². The van der Waals surface area contributed by atoms with Gasteiger partial charge in [-0.2, -0.15) is 0 Å². The van der Waals surface area contributed by atoms with E-state index in [1.165, 1.54) is 0 Å². The maximum atomic E-state index is 12.1. The van der Waals surface area contributed by atoms with E-state index in [4.69, 9.17) is 5.73 Å². The van der Waals surface area contributed by atoms with Crippen molar-refractivity contribution >= 4 is 5.91 Å². The number of likely N-dealkylation sites (N-methyl/N-ethyl adjacent to an activating group) is 1. The third-order valence-electron chi connectivity index (χ3n) is 3.30. The van der Waals surface area contributed by atoms with Crippen molar-refractivity contribution in [2.75, 3.05) is 7.05 Å². The van der Waals surface area contributed by atoms with Gasteiger partial charge in [0, 0.05) is 20.1 Å². The van der Waals surface area contributed by atoms with Gasteiger partial charge >= 0.3 is 0 Å². The summed E-state index contributed by atoms with van der Waals surface area (Å²) in [7, 11) is 1.84. The smallest absolute Gasteiger partial charge is 0.227 e. The van der Waals surface area contributed by atoms with Crippen molar-refractivity contribution in [1.82, 2.24) is 4.90 Å². The summed E-state index contributed by atoms with van der Waals surface area (Å²) in [5.74, 6) is 0.124. The summed E-state index contributed by atoms with van der Waals surface area (Å²) >= 11 is 0. The van der Waals surface area contributed by atoms with E-state index in [-0.39, 0.29) is 5.91 Å². The Balaban J connectivity index is 1.93. The zero-order valence-corrected chi connectivity index (χ0v) is 11.8. The van der Waals surface area contributed by atoms with Crippen LogP contribution in [0.15, 0.2) is 54.6 Å². The highest BCUT2D eigenvalue weighted by atomic mass is 16.2. The molecule has 0 bridgehead atoms. The van der Waals surface area contributed by atoms with Crippen LogP contribution in [-0.4, -0.2) is 17.9 Å². The molecule has 0 fully saturated rings. The van der Waals surface area contributed by atoms with E-state index in [9.17, 15) is 4.79 Å². The van der Waals surface area contributed by atoms with Gasteiger partial charge in [0.15, 0.2) is 0 Å². The van der Waals surface area contributed by atoms with E-state index in [0.717, 1.165) is 16.7 Å². The molecule has 0 heterocycles. The van der Waals surface area contributed by atoms with E-state index < -0.39 is 0 Å². The van der Waals surface area contributed by atoms with Crippen LogP contribution in [0, 0.1) is 0 Å². The van der Waals surface area contributed by atoms with E-state index in [1.54, 1.807) is 4.90 Å². The van der Waals surface area contributed by atoms with Crippen LogP contribution in [0.3, 0.4) is 0 Å². The molecule has 104 valence electrons. The number of hydrogen-bond donors (Lipinski definition) is 1. The molecule has 0 saturated carbocycles. The van der Waals surface area contributed by atoms with Crippen LogP contribution in [0.25, 0.3) is 0 Å². The monoisotopic (exact) mass is 268 g/mol. The van der Waals surface area contributed by atoms with E-state index in [0.29, 0.717) is 19.5 Å². The third-order valence-corrected chi connectivity index (χ3v) is 3.30. The van der Waals surface area contributed by atoms with Crippen molar-refractivity contribution < 1.29 is 4.79 Å². The zero-order valence-electron chi connectivity index (χ0n) is 11.8. The second-order valence-electron chi connectivity index (χ2n) is 4.93. The number of hydrogen-bond acceptors (Lipinski definition) is 2. The third kappa shape index (κ3) is 3.93. The Morgan fingerprint density at radius 2 is 1.55 bits per heavy atom. The Morgan fingerprint density at radius 1 is 0.950 bits per heavy atom. The summed E-state index contributed by atoms with van der Waals surface area (Å²) in [5, 5.41) is 0. The first-order valence-corrected chi connectivity index (χ1v) is 6.75. The summed E-state index contributed by atoms with van der Waals surface area (Å²) in [6, 6.07) is 17.9. The molecule has 0 aliphatic heterocycles. The summed E-state index contributed by atoms with van der Waals surface area (Å²) in [4.78, 5) is 13.9. The largest absolute Gasteiger partial charge is 0.341 e. The van der Waals surface area contributed by atoms with Crippen molar-refractivity contribution in [2.24, 2.45) is 5.73 Å². The first kappa shape index (κ1) is 14.3. The van der Waals surface area contributed by atoms with E-state index in [1.807, 2.05) is 61.6 Å². The summed E-state index contributed by atoms with van der Waals surface area (Å²) in [6.07, 6.45) is 0.443. The molecule has 0 radical (unpaired) electrons. The normalized spacial score (nSPS) is 10.3. The zero-order chi connectivity index (χ0) is 14.4. The summed E-state index contributed by atoms with van der Waals surface area (Å²) in [6.45, 7) is 1.17. The Hall–Kier alpha value is -2.13. The second kappa shape index (κ2) is 6.87. The second-order valence-corrected chi connectivity index (χ2v) is 4.93. The minimum atomic E-state index is 0.124. The average Bonchev–Trinajstić information content (AvgIpc) is 2.49. The van der Waals surface area contributed by atoms with Crippen LogP contribution in [0.1, 0.15) is 16.7 Å². The van der Waals surface area contributed by atoms with E-state index >= 15 is 0 Å². The molecule has 0 aliphatic carbocycles. The molecule has 20 heavy (non-hydrogen) atoms. The van der Waals surface area contributed by atoms with E-state index in [2.05, 4.69) is 0 Å². The van der Waals surface area contributed by atoms with Gasteiger partial charge < -0.3 is 10.6 Å². The molecular formula is C17H20N2O. The van der Waals surface area contributed by atoms with Gasteiger partial charge in [-0.05, 0) is 16.7 Å². The number of nitrogens with two attached hydrogens (primary N) is 1. The minimum absolute atomic E-state index is 0.124. The van der Waals surface area contributed by atoms with Crippen molar-refractivity contribution in [1.29, 1.82) is 0 Å². The molecule has 0 atom stereocenters. The lowest BCUT2D eigenvalue weighted by Crippen LogP contribution is -2.27. The number of carbonyl (C=O) groups is 1. The fraction of sp³-hybridized carbons (Fsp3) is 0.235. The average molecular weight is 268 g/mol. The molecule has 0 saturated heterocycles.